The first-order valence-electron chi connectivity index (χ1n) is 3.63. The summed E-state index contributed by atoms with van der Waals surface area (Å²) in [5.41, 5.74) is 1.04. The number of aliphatic hydroxyl groups is 1. The van der Waals surface area contributed by atoms with Crippen LogP contribution in [-0.2, 0) is 16.7 Å². The highest BCUT2D eigenvalue weighted by Gasteiger charge is 2.14. The molecule has 0 heterocycles. The van der Waals surface area contributed by atoms with E-state index < -0.39 is 16.7 Å². The average Bonchev–Trinajstić information content (AvgIpc) is 2.01. The van der Waals surface area contributed by atoms with E-state index in [4.69, 9.17) is 9.66 Å². The Hall–Kier alpha value is -0.910. The van der Waals surface area contributed by atoms with Crippen molar-refractivity contribution in [2.24, 2.45) is 0 Å². The van der Waals surface area contributed by atoms with Gasteiger partial charge in [-0.15, -0.1) is 0 Å². The highest BCUT2D eigenvalue weighted by molar-refractivity contribution is 7.85. The lowest BCUT2D eigenvalue weighted by Crippen LogP contribution is -2.03. The average molecular weight is 202 g/mol. The van der Waals surface area contributed by atoms with Gasteiger partial charge in [-0.1, -0.05) is 17.7 Å². The summed E-state index contributed by atoms with van der Waals surface area (Å²) in [4.78, 5) is -0.236. The summed E-state index contributed by atoms with van der Waals surface area (Å²) in [6.45, 7) is 1.36. The van der Waals surface area contributed by atoms with Gasteiger partial charge in [-0.25, -0.2) is 0 Å². The molecular weight excluding hydrogens is 192 g/mol. The van der Waals surface area contributed by atoms with Gasteiger partial charge in [-0.3, -0.25) is 4.55 Å². The van der Waals surface area contributed by atoms with E-state index in [1.807, 2.05) is 0 Å². The third-order valence-electron chi connectivity index (χ3n) is 1.66. The first-order valence-corrected chi connectivity index (χ1v) is 5.07. The lowest BCUT2D eigenvalue weighted by atomic mass is 10.1. The third kappa shape index (κ3) is 2.27. The number of aliphatic hydroxyl groups excluding tert-OH is 1. The minimum absolute atomic E-state index is 0.211. The maximum atomic E-state index is 10.8. The minimum Gasteiger partial charge on any atom is -0.392 e. The van der Waals surface area contributed by atoms with E-state index >= 15 is 0 Å². The normalized spacial score (nSPS) is 11.6. The molecule has 0 atom stereocenters. The molecule has 2 N–H and O–H groups in total. The van der Waals surface area contributed by atoms with Gasteiger partial charge in [0.05, 0.1) is 11.5 Å². The Morgan fingerprint density at radius 1 is 1.38 bits per heavy atom. The van der Waals surface area contributed by atoms with Crippen molar-refractivity contribution < 1.29 is 18.1 Å². The van der Waals surface area contributed by atoms with E-state index in [1.165, 1.54) is 12.1 Å². The van der Waals surface area contributed by atoms with Crippen molar-refractivity contribution >= 4 is 10.1 Å². The van der Waals surface area contributed by atoms with Crippen LogP contribution >= 0.6 is 0 Å². The van der Waals surface area contributed by atoms with Crippen molar-refractivity contribution in [3.63, 3.8) is 0 Å². The summed E-state index contributed by atoms with van der Waals surface area (Å²) in [5.74, 6) is 0. The molecule has 0 saturated carbocycles. The first-order chi connectivity index (χ1) is 5.95. The van der Waals surface area contributed by atoms with Crippen molar-refractivity contribution in [1.29, 1.82) is 0 Å². The van der Waals surface area contributed by atoms with Crippen LogP contribution in [0, 0.1) is 6.92 Å². The van der Waals surface area contributed by atoms with Gasteiger partial charge in [-0.2, -0.15) is 8.42 Å². The van der Waals surface area contributed by atoms with E-state index in [0.717, 1.165) is 5.56 Å². The van der Waals surface area contributed by atoms with Crippen LogP contribution in [0.2, 0.25) is 0 Å². The standard InChI is InChI=1S/C8H10O4S/c1-6-2-3-8(13(10,11)12)7(4-6)5-9/h2-4,9H,5H2,1H3,(H,10,11,12). The van der Waals surface area contributed by atoms with Crippen LogP contribution in [0.4, 0.5) is 0 Å². The molecule has 0 unspecified atom stereocenters. The topological polar surface area (TPSA) is 74.6 Å². The third-order valence-corrected chi connectivity index (χ3v) is 2.62. The number of rotatable bonds is 2. The molecule has 0 aliphatic rings. The van der Waals surface area contributed by atoms with E-state index in [-0.39, 0.29) is 10.5 Å². The minimum atomic E-state index is -4.22. The number of hydrogen-bond donors (Lipinski definition) is 2. The van der Waals surface area contributed by atoms with Crippen LogP contribution in [0.25, 0.3) is 0 Å². The van der Waals surface area contributed by atoms with Gasteiger partial charge in [0.25, 0.3) is 10.1 Å². The van der Waals surface area contributed by atoms with Crippen molar-refractivity contribution in [2.45, 2.75) is 18.4 Å². The molecule has 0 aliphatic heterocycles. The van der Waals surface area contributed by atoms with Gasteiger partial charge in [-0.05, 0) is 18.6 Å². The molecule has 5 heteroatoms. The lowest BCUT2D eigenvalue weighted by Gasteiger charge is -2.04. The molecule has 1 aromatic carbocycles. The highest BCUT2D eigenvalue weighted by atomic mass is 32.2. The second-order valence-electron chi connectivity index (χ2n) is 2.74. The Morgan fingerprint density at radius 3 is 2.46 bits per heavy atom. The van der Waals surface area contributed by atoms with E-state index in [1.54, 1.807) is 13.0 Å². The zero-order chi connectivity index (χ0) is 10.1. The monoisotopic (exact) mass is 202 g/mol. The van der Waals surface area contributed by atoms with Gasteiger partial charge >= 0.3 is 0 Å². The Labute approximate surface area is 76.6 Å². The van der Waals surface area contributed by atoms with E-state index in [0.29, 0.717) is 0 Å². The molecule has 0 spiro atoms. The molecule has 0 amide bonds. The SMILES string of the molecule is Cc1ccc(S(=O)(=O)O)c(CO)c1. The molecule has 4 nitrogen and oxygen atoms in total. The summed E-state index contributed by atoms with van der Waals surface area (Å²) in [5, 5.41) is 8.83. The molecule has 1 aromatic rings. The van der Waals surface area contributed by atoms with E-state index in [9.17, 15) is 8.42 Å². The fraction of sp³-hybridized carbons (Fsp3) is 0.250. The molecule has 72 valence electrons. The summed E-state index contributed by atoms with van der Waals surface area (Å²) in [6, 6.07) is 4.35. The van der Waals surface area contributed by atoms with Crippen molar-refractivity contribution in [3.05, 3.63) is 29.3 Å². The van der Waals surface area contributed by atoms with Crippen molar-refractivity contribution in [3.8, 4) is 0 Å². The molecule has 0 bridgehead atoms. The lowest BCUT2D eigenvalue weighted by molar-refractivity contribution is 0.278. The molecule has 0 saturated heterocycles. The van der Waals surface area contributed by atoms with Gasteiger partial charge in [0, 0.05) is 0 Å². The number of aryl methyl sites for hydroxylation is 1. The fourth-order valence-corrected chi connectivity index (χ4v) is 1.78. The summed E-state index contributed by atoms with van der Waals surface area (Å²) < 4.78 is 30.3. The van der Waals surface area contributed by atoms with Gasteiger partial charge in [0.15, 0.2) is 0 Å². The Bertz CT molecular complexity index is 408. The van der Waals surface area contributed by atoms with Crippen molar-refractivity contribution in [1.82, 2.24) is 0 Å². The predicted octanol–water partition coefficient (Wildman–Crippen LogP) is 0.734. The molecular formula is C8H10O4S. The molecule has 0 aromatic heterocycles. The Morgan fingerprint density at radius 2 is 2.00 bits per heavy atom. The molecule has 1 rings (SSSR count). The van der Waals surface area contributed by atoms with E-state index in [2.05, 4.69) is 0 Å². The van der Waals surface area contributed by atoms with Gasteiger partial charge < -0.3 is 5.11 Å². The maximum Gasteiger partial charge on any atom is 0.294 e. The summed E-state index contributed by atoms with van der Waals surface area (Å²) in [7, 11) is -4.22. The highest BCUT2D eigenvalue weighted by Crippen LogP contribution is 2.16. The van der Waals surface area contributed by atoms with Crippen LogP contribution < -0.4 is 0 Å². The Balaban J connectivity index is 3.39. The summed E-state index contributed by atoms with van der Waals surface area (Å²) >= 11 is 0. The van der Waals surface area contributed by atoms with Crippen LogP contribution in [-0.4, -0.2) is 18.1 Å². The molecule has 0 aliphatic carbocycles. The number of benzene rings is 1. The molecule has 0 radical (unpaired) electrons. The van der Waals surface area contributed by atoms with Gasteiger partial charge in [0.2, 0.25) is 0 Å². The quantitative estimate of drug-likeness (QED) is 0.693. The van der Waals surface area contributed by atoms with Crippen molar-refractivity contribution in [2.75, 3.05) is 0 Å². The molecule has 0 fully saturated rings. The first kappa shape index (κ1) is 10.2. The predicted molar refractivity (Wildman–Crippen MR) is 46.9 cm³/mol. The van der Waals surface area contributed by atoms with Gasteiger partial charge in [0.1, 0.15) is 0 Å². The Kier molecular flexibility index (Phi) is 2.70. The van der Waals surface area contributed by atoms with Crippen LogP contribution in [0.5, 0.6) is 0 Å². The summed E-state index contributed by atoms with van der Waals surface area (Å²) in [6.07, 6.45) is 0. The van der Waals surface area contributed by atoms with Crippen LogP contribution in [0.1, 0.15) is 11.1 Å². The maximum absolute atomic E-state index is 10.8. The number of hydrogen-bond acceptors (Lipinski definition) is 3. The zero-order valence-electron chi connectivity index (χ0n) is 7.06. The molecule has 13 heavy (non-hydrogen) atoms. The fourth-order valence-electron chi connectivity index (χ4n) is 1.08. The largest absolute Gasteiger partial charge is 0.392 e. The second kappa shape index (κ2) is 3.45. The van der Waals surface area contributed by atoms with Crippen LogP contribution in [0.3, 0.4) is 0 Å². The van der Waals surface area contributed by atoms with Crippen LogP contribution in [0.15, 0.2) is 23.1 Å². The zero-order valence-corrected chi connectivity index (χ0v) is 7.87. The second-order valence-corrected chi connectivity index (χ2v) is 4.13. The smallest absolute Gasteiger partial charge is 0.294 e.